The smallest absolute Gasteiger partial charge is 0.156 e. The van der Waals surface area contributed by atoms with Crippen molar-refractivity contribution < 1.29 is 9.53 Å². The van der Waals surface area contributed by atoms with Crippen molar-refractivity contribution in [2.45, 2.75) is 26.9 Å². The number of aromatic nitrogens is 2. The van der Waals surface area contributed by atoms with Crippen LogP contribution in [0.1, 0.15) is 24.9 Å². The molecule has 1 aliphatic rings. The Kier molecular flexibility index (Phi) is 3.91. The molecule has 0 saturated carbocycles. The van der Waals surface area contributed by atoms with Crippen molar-refractivity contribution >= 4 is 11.6 Å². The zero-order chi connectivity index (χ0) is 13.1. The third kappa shape index (κ3) is 2.85. The van der Waals surface area contributed by atoms with Gasteiger partial charge >= 0.3 is 0 Å². The Morgan fingerprint density at radius 2 is 2.28 bits per heavy atom. The summed E-state index contributed by atoms with van der Waals surface area (Å²) in [6.45, 7) is 5.81. The highest BCUT2D eigenvalue weighted by Gasteiger charge is 2.24. The van der Waals surface area contributed by atoms with Crippen molar-refractivity contribution in [3.8, 4) is 0 Å². The molecule has 0 aromatic carbocycles. The molecule has 0 aliphatic carbocycles. The number of carbonyl (C=O) groups is 1. The van der Waals surface area contributed by atoms with E-state index in [-0.39, 0.29) is 5.92 Å². The zero-order valence-corrected chi connectivity index (χ0v) is 11.1. The summed E-state index contributed by atoms with van der Waals surface area (Å²) in [6.07, 6.45) is 0.601. The van der Waals surface area contributed by atoms with Crippen LogP contribution < -0.4 is 4.90 Å². The Balaban J connectivity index is 2.19. The van der Waals surface area contributed by atoms with Crippen LogP contribution in [0.3, 0.4) is 0 Å². The van der Waals surface area contributed by atoms with Crippen molar-refractivity contribution in [3.63, 3.8) is 0 Å². The van der Waals surface area contributed by atoms with E-state index in [2.05, 4.69) is 14.9 Å². The van der Waals surface area contributed by atoms with E-state index in [1.54, 1.807) is 7.11 Å². The van der Waals surface area contributed by atoms with Crippen LogP contribution >= 0.6 is 0 Å². The first-order valence-electron chi connectivity index (χ1n) is 6.21. The van der Waals surface area contributed by atoms with E-state index in [0.29, 0.717) is 24.6 Å². The van der Waals surface area contributed by atoms with Gasteiger partial charge in [-0.3, -0.25) is 4.79 Å². The van der Waals surface area contributed by atoms with E-state index in [1.807, 2.05) is 19.9 Å². The van der Waals surface area contributed by atoms with Gasteiger partial charge in [0.2, 0.25) is 0 Å². The predicted molar refractivity (Wildman–Crippen MR) is 68.5 cm³/mol. The fraction of sp³-hybridized carbons (Fsp3) is 0.615. The number of hydrogen-bond donors (Lipinski definition) is 0. The highest BCUT2D eigenvalue weighted by Crippen LogP contribution is 2.20. The molecule has 2 heterocycles. The van der Waals surface area contributed by atoms with Crippen LogP contribution in [-0.2, 0) is 16.1 Å². The van der Waals surface area contributed by atoms with Crippen molar-refractivity contribution in [3.05, 3.63) is 17.6 Å². The fourth-order valence-corrected chi connectivity index (χ4v) is 2.19. The van der Waals surface area contributed by atoms with Crippen molar-refractivity contribution in [2.24, 2.45) is 5.92 Å². The molecule has 1 atom stereocenters. The largest absolute Gasteiger partial charge is 0.377 e. The number of carbonyl (C=O) groups excluding carboxylic acids is 1. The van der Waals surface area contributed by atoms with Crippen LogP contribution in [0.4, 0.5) is 5.82 Å². The first-order chi connectivity index (χ1) is 8.60. The fourth-order valence-electron chi connectivity index (χ4n) is 2.19. The molecular weight excluding hydrogens is 230 g/mol. The van der Waals surface area contributed by atoms with Gasteiger partial charge in [0.25, 0.3) is 0 Å². The molecule has 0 spiro atoms. The molecule has 18 heavy (non-hydrogen) atoms. The van der Waals surface area contributed by atoms with Gasteiger partial charge in [0.1, 0.15) is 18.2 Å². The van der Waals surface area contributed by atoms with E-state index < -0.39 is 0 Å². The Labute approximate surface area is 107 Å². The molecule has 1 saturated heterocycles. The molecule has 0 amide bonds. The maximum absolute atomic E-state index is 11.5. The first-order valence-corrected chi connectivity index (χ1v) is 6.21. The molecule has 0 bridgehead atoms. The summed E-state index contributed by atoms with van der Waals surface area (Å²) in [4.78, 5) is 22.5. The van der Waals surface area contributed by atoms with E-state index >= 15 is 0 Å². The molecule has 98 valence electrons. The molecule has 0 N–H and O–H groups in total. The maximum Gasteiger partial charge on any atom is 0.156 e. The second-order valence-electron chi connectivity index (χ2n) is 4.78. The van der Waals surface area contributed by atoms with Gasteiger partial charge in [0, 0.05) is 44.3 Å². The van der Waals surface area contributed by atoms with Gasteiger partial charge in [-0.05, 0) is 6.92 Å². The molecule has 0 unspecified atom stereocenters. The zero-order valence-electron chi connectivity index (χ0n) is 11.1. The lowest BCUT2D eigenvalue weighted by Gasteiger charge is -2.31. The van der Waals surface area contributed by atoms with Gasteiger partial charge in [0.05, 0.1) is 0 Å². The number of hydrogen-bond acceptors (Lipinski definition) is 5. The minimum atomic E-state index is 0.0832. The Hall–Kier alpha value is -1.49. The summed E-state index contributed by atoms with van der Waals surface area (Å²) < 4.78 is 5.07. The van der Waals surface area contributed by atoms with Crippen LogP contribution in [-0.4, -0.2) is 36.0 Å². The lowest BCUT2D eigenvalue weighted by Crippen LogP contribution is -2.40. The number of aryl methyl sites for hydroxylation is 1. The van der Waals surface area contributed by atoms with Crippen LogP contribution in [0.15, 0.2) is 6.07 Å². The van der Waals surface area contributed by atoms with Crippen LogP contribution in [0.25, 0.3) is 0 Å². The van der Waals surface area contributed by atoms with Gasteiger partial charge < -0.3 is 9.64 Å². The quantitative estimate of drug-likeness (QED) is 0.809. The summed E-state index contributed by atoms with van der Waals surface area (Å²) in [5, 5.41) is 0. The molecule has 1 fully saturated rings. The number of nitrogens with zero attached hydrogens (tertiary/aromatic N) is 3. The van der Waals surface area contributed by atoms with Crippen molar-refractivity contribution in [1.82, 2.24) is 9.97 Å². The molecule has 2 rings (SSSR count). The van der Waals surface area contributed by atoms with E-state index in [1.165, 1.54) is 0 Å². The summed E-state index contributed by atoms with van der Waals surface area (Å²) in [6, 6.07) is 1.96. The number of anilines is 1. The highest BCUT2D eigenvalue weighted by molar-refractivity contribution is 5.83. The minimum Gasteiger partial charge on any atom is -0.377 e. The number of Topliss-reactive ketones (excluding diaryl/α,β-unsaturated/α-hetero) is 1. The summed E-state index contributed by atoms with van der Waals surface area (Å²) in [7, 11) is 1.63. The van der Waals surface area contributed by atoms with Gasteiger partial charge in [-0.1, -0.05) is 6.92 Å². The van der Waals surface area contributed by atoms with Crippen LogP contribution in [0.5, 0.6) is 0 Å². The number of methoxy groups -OCH3 is 1. The van der Waals surface area contributed by atoms with Crippen LogP contribution in [0.2, 0.25) is 0 Å². The topological polar surface area (TPSA) is 55.3 Å². The Morgan fingerprint density at radius 1 is 1.50 bits per heavy atom. The second kappa shape index (κ2) is 5.44. The molecule has 1 aromatic rings. The van der Waals surface area contributed by atoms with Gasteiger partial charge in [-0.25, -0.2) is 9.97 Å². The average Bonchev–Trinajstić information content (AvgIpc) is 2.32. The van der Waals surface area contributed by atoms with Gasteiger partial charge in [-0.15, -0.1) is 0 Å². The SMILES string of the molecule is COCc1nc(C)cc(N2CCC(=O)[C@@H](C)C2)n1. The van der Waals surface area contributed by atoms with Crippen molar-refractivity contribution in [1.29, 1.82) is 0 Å². The summed E-state index contributed by atoms with van der Waals surface area (Å²) in [5.74, 6) is 2.01. The van der Waals surface area contributed by atoms with E-state index in [0.717, 1.165) is 24.6 Å². The minimum absolute atomic E-state index is 0.0832. The third-order valence-electron chi connectivity index (χ3n) is 3.16. The average molecular weight is 249 g/mol. The van der Waals surface area contributed by atoms with Gasteiger partial charge in [0.15, 0.2) is 5.82 Å². The second-order valence-corrected chi connectivity index (χ2v) is 4.78. The van der Waals surface area contributed by atoms with Crippen LogP contribution in [0, 0.1) is 12.8 Å². The first kappa shape index (κ1) is 13.0. The number of rotatable bonds is 3. The molecular formula is C13H19N3O2. The normalized spacial score (nSPS) is 20.3. The monoisotopic (exact) mass is 249 g/mol. The maximum atomic E-state index is 11.5. The van der Waals surface area contributed by atoms with E-state index in [4.69, 9.17) is 4.74 Å². The molecule has 1 aromatic heterocycles. The van der Waals surface area contributed by atoms with Gasteiger partial charge in [-0.2, -0.15) is 0 Å². The third-order valence-corrected chi connectivity index (χ3v) is 3.16. The number of piperidine rings is 1. The molecule has 1 aliphatic heterocycles. The molecule has 5 heteroatoms. The summed E-state index contributed by atoms with van der Waals surface area (Å²) in [5.41, 5.74) is 0.927. The standard InChI is InChI=1S/C13H19N3O2/c1-9-7-16(5-4-11(9)17)13-6-10(2)14-12(15-13)8-18-3/h6,9H,4-5,7-8H2,1-3H3/t9-/m0/s1. The lowest BCUT2D eigenvalue weighted by atomic mass is 9.99. The Bertz CT molecular complexity index is 448. The molecule has 5 nitrogen and oxygen atoms in total. The molecule has 0 radical (unpaired) electrons. The number of ketones is 1. The summed E-state index contributed by atoms with van der Waals surface area (Å²) >= 11 is 0. The van der Waals surface area contributed by atoms with Crippen molar-refractivity contribution in [2.75, 3.05) is 25.1 Å². The number of ether oxygens (including phenoxy) is 1. The lowest BCUT2D eigenvalue weighted by molar-refractivity contribution is -0.122. The highest BCUT2D eigenvalue weighted by atomic mass is 16.5. The van der Waals surface area contributed by atoms with E-state index in [9.17, 15) is 4.79 Å². The Morgan fingerprint density at radius 3 is 2.94 bits per heavy atom. The predicted octanol–water partition coefficient (Wildman–Crippen LogP) is 1.35.